The van der Waals surface area contributed by atoms with Crippen LogP contribution in [0.2, 0.25) is 0 Å². The van der Waals surface area contributed by atoms with Gasteiger partial charge in [-0.3, -0.25) is 0 Å². The molecule has 4 heteroatoms. The molecule has 0 fully saturated rings. The summed E-state index contributed by atoms with van der Waals surface area (Å²) in [4.78, 5) is 15.5. The fourth-order valence-electron chi connectivity index (χ4n) is 2.59. The van der Waals surface area contributed by atoms with Crippen LogP contribution in [-0.4, -0.2) is 20.6 Å². The Hall–Kier alpha value is -2.62. The van der Waals surface area contributed by atoms with Gasteiger partial charge in [0.05, 0.1) is 17.4 Å². The number of aromatic carboxylic acids is 1. The molecule has 0 aliphatic rings. The van der Waals surface area contributed by atoms with Crippen LogP contribution in [0, 0.1) is 0 Å². The molecule has 1 atom stereocenters. The van der Waals surface area contributed by atoms with Gasteiger partial charge >= 0.3 is 5.97 Å². The molecule has 0 saturated heterocycles. The lowest BCUT2D eigenvalue weighted by atomic mass is 10.0. The molecule has 0 radical (unpaired) electrons. The number of fused-ring (bicyclic) bond motifs is 1. The number of hydrogen-bond acceptors (Lipinski definition) is 2. The van der Waals surface area contributed by atoms with Crippen molar-refractivity contribution >= 4 is 17.0 Å². The number of carboxylic acids is 1. The Kier molecular flexibility index (Phi) is 3.44. The maximum absolute atomic E-state index is 11.2. The van der Waals surface area contributed by atoms with E-state index in [9.17, 15) is 9.90 Å². The summed E-state index contributed by atoms with van der Waals surface area (Å²) in [6.45, 7) is 2.92. The highest BCUT2D eigenvalue weighted by Gasteiger charge is 2.14. The predicted octanol–water partition coefficient (Wildman–Crippen LogP) is 3.54. The van der Waals surface area contributed by atoms with E-state index in [-0.39, 0.29) is 5.56 Å². The first-order valence-corrected chi connectivity index (χ1v) is 6.89. The smallest absolute Gasteiger partial charge is 0.337 e. The Morgan fingerprint density at radius 1 is 1.19 bits per heavy atom. The van der Waals surface area contributed by atoms with E-state index in [4.69, 9.17) is 0 Å². The number of benzene rings is 2. The average molecular weight is 280 g/mol. The molecule has 0 aliphatic carbocycles. The minimum absolute atomic E-state index is 0.249. The number of carbonyl (C=O) groups is 1. The molecular weight excluding hydrogens is 264 g/mol. The number of nitrogens with zero attached hydrogens (tertiary/aromatic N) is 2. The molecule has 21 heavy (non-hydrogen) atoms. The summed E-state index contributed by atoms with van der Waals surface area (Å²) < 4.78 is 2.01. The number of hydrogen-bond donors (Lipinski definition) is 1. The quantitative estimate of drug-likeness (QED) is 0.795. The second kappa shape index (κ2) is 5.40. The largest absolute Gasteiger partial charge is 0.478 e. The van der Waals surface area contributed by atoms with Crippen molar-refractivity contribution in [2.24, 2.45) is 0 Å². The zero-order chi connectivity index (χ0) is 14.8. The summed E-state index contributed by atoms with van der Waals surface area (Å²) in [5.74, 6) is -0.612. The van der Waals surface area contributed by atoms with Gasteiger partial charge in [-0.15, -0.1) is 0 Å². The Morgan fingerprint density at radius 3 is 2.67 bits per heavy atom. The van der Waals surface area contributed by atoms with Crippen molar-refractivity contribution in [1.82, 2.24) is 9.55 Å². The lowest BCUT2D eigenvalue weighted by molar-refractivity contribution is 0.0699. The highest BCUT2D eigenvalue weighted by atomic mass is 16.4. The Morgan fingerprint density at radius 2 is 1.95 bits per heavy atom. The maximum atomic E-state index is 11.2. The molecule has 3 rings (SSSR count). The summed E-state index contributed by atoms with van der Waals surface area (Å²) in [6, 6.07) is 15.5. The van der Waals surface area contributed by atoms with Gasteiger partial charge in [0.1, 0.15) is 5.52 Å². The minimum Gasteiger partial charge on any atom is -0.478 e. The zero-order valence-corrected chi connectivity index (χ0v) is 11.7. The van der Waals surface area contributed by atoms with Gasteiger partial charge in [0.25, 0.3) is 0 Å². The van der Waals surface area contributed by atoms with Crippen LogP contribution in [0.25, 0.3) is 11.0 Å². The van der Waals surface area contributed by atoms with Crippen LogP contribution >= 0.6 is 0 Å². The Balaban J connectivity index is 1.95. The highest BCUT2D eigenvalue weighted by molar-refractivity contribution is 6.00. The number of carboxylic acid groups (broad SMARTS) is 1. The molecule has 4 nitrogen and oxygen atoms in total. The first-order valence-electron chi connectivity index (χ1n) is 6.89. The molecule has 3 aromatic rings. The van der Waals surface area contributed by atoms with Gasteiger partial charge in [-0.05, 0) is 23.6 Å². The molecule has 1 heterocycles. The Bertz CT molecular complexity index is 778. The van der Waals surface area contributed by atoms with Gasteiger partial charge in [0, 0.05) is 6.54 Å². The van der Waals surface area contributed by atoms with Gasteiger partial charge in [0.15, 0.2) is 0 Å². The first-order chi connectivity index (χ1) is 10.2. The van der Waals surface area contributed by atoms with Crippen molar-refractivity contribution in [3.05, 3.63) is 66.0 Å². The average Bonchev–Trinajstić information content (AvgIpc) is 2.91. The maximum Gasteiger partial charge on any atom is 0.337 e. The van der Waals surface area contributed by atoms with Gasteiger partial charge < -0.3 is 9.67 Å². The van der Waals surface area contributed by atoms with Crippen LogP contribution in [0.4, 0.5) is 0 Å². The molecule has 0 amide bonds. The van der Waals surface area contributed by atoms with Crippen molar-refractivity contribution in [2.75, 3.05) is 0 Å². The molecule has 0 saturated carbocycles. The van der Waals surface area contributed by atoms with Gasteiger partial charge in [-0.25, -0.2) is 9.78 Å². The highest BCUT2D eigenvalue weighted by Crippen LogP contribution is 2.22. The van der Waals surface area contributed by atoms with Crippen LogP contribution < -0.4 is 0 Å². The number of imidazole rings is 1. The van der Waals surface area contributed by atoms with Crippen LogP contribution in [0.1, 0.15) is 28.8 Å². The van der Waals surface area contributed by atoms with E-state index in [2.05, 4.69) is 24.0 Å². The standard InChI is InChI=1S/C17H16N2O2/c1-12(13-6-3-2-4-7-13)10-19-11-18-16-14(17(20)21)8-5-9-15(16)19/h2-9,11-12H,10H2,1H3,(H,20,21). The molecule has 0 spiro atoms. The van der Waals surface area contributed by atoms with Crippen molar-refractivity contribution < 1.29 is 9.90 Å². The van der Waals surface area contributed by atoms with Crippen molar-refractivity contribution in [1.29, 1.82) is 0 Å². The van der Waals surface area contributed by atoms with E-state index in [0.717, 1.165) is 12.1 Å². The zero-order valence-electron chi connectivity index (χ0n) is 11.7. The van der Waals surface area contributed by atoms with Crippen molar-refractivity contribution in [2.45, 2.75) is 19.4 Å². The summed E-state index contributed by atoms with van der Waals surface area (Å²) in [5.41, 5.74) is 2.91. The van der Waals surface area contributed by atoms with Crippen LogP contribution in [0.5, 0.6) is 0 Å². The van der Waals surface area contributed by atoms with E-state index < -0.39 is 5.97 Å². The summed E-state index contributed by atoms with van der Waals surface area (Å²) in [7, 11) is 0. The minimum atomic E-state index is -0.943. The summed E-state index contributed by atoms with van der Waals surface area (Å²) in [6.07, 6.45) is 1.72. The summed E-state index contributed by atoms with van der Waals surface area (Å²) >= 11 is 0. The van der Waals surface area contributed by atoms with Crippen molar-refractivity contribution in [3.8, 4) is 0 Å². The lowest BCUT2D eigenvalue weighted by Gasteiger charge is -2.13. The third-order valence-corrected chi connectivity index (χ3v) is 3.72. The molecule has 1 unspecified atom stereocenters. The molecule has 1 N–H and O–H groups in total. The van der Waals surface area contributed by atoms with E-state index in [1.807, 2.05) is 28.8 Å². The molecule has 106 valence electrons. The molecule has 0 bridgehead atoms. The normalized spacial score (nSPS) is 12.4. The molecular formula is C17H16N2O2. The SMILES string of the molecule is CC(Cn1cnc2c(C(=O)O)cccc21)c1ccccc1. The molecule has 0 aliphatic heterocycles. The first kappa shape index (κ1) is 13.4. The summed E-state index contributed by atoms with van der Waals surface area (Å²) in [5, 5.41) is 9.20. The van der Waals surface area contributed by atoms with Crippen LogP contribution in [0.15, 0.2) is 54.9 Å². The second-order valence-corrected chi connectivity index (χ2v) is 5.19. The van der Waals surface area contributed by atoms with E-state index in [1.54, 1.807) is 18.5 Å². The van der Waals surface area contributed by atoms with E-state index in [1.165, 1.54) is 5.56 Å². The van der Waals surface area contributed by atoms with E-state index in [0.29, 0.717) is 11.4 Å². The van der Waals surface area contributed by atoms with E-state index >= 15 is 0 Å². The number of aromatic nitrogens is 2. The third kappa shape index (κ3) is 2.52. The third-order valence-electron chi connectivity index (χ3n) is 3.72. The molecule has 2 aromatic carbocycles. The van der Waals surface area contributed by atoms with Crippen LogP contribution in [0.3, 0.4) is 0 Å². The predicted molar refractivity (Wildman–Crippen MR) is 81.5 cm³/mol. The lowest BCUT2D eigenvalue weighted by Crippen LogP contribution is -2.05. The second-order valence-electron chi connectivity index (χ2n) is 5.19. The topological polar surface area (TPSA) is 55.1 Å². The van der Waals surface area contributed by atoms with Gasteiger partial charge in [-0.2, -0.15) is 0 Å². The van der Waals surface area contributed by atoms with Crippen LogP contribution in [-0.2, 0) is 6.54 Å². The fourth-order valence-corrected chi connectivity index (χ4v) is 2.59. The molecule has 1 aromatic heterocycles. The van der Waals surface area contributed by atoms with Gasteiger partial charge in [-0.1, -0.05) is 43.3 Å². The Labute approximate surface area is 122 Å². The number of para-hydroxylation sites is 1. The van der Waals surface area contributed by atoms with Crippen molar-refractivity contribution in [3.63, 3.8) is 0 Å². The fraction of sp³-hybridized carbons (Fsp3) is 0.176. The monoisotopic (exact) mass is 280 g/mol. The van der Waals surface area contributed by atoms with Gasteiger partial charge in [0.2, 0.25) is 0 Å². The number of rotatable bonds is 4.